The first-order valence-corrected chi connectivity index (χ1v) is 5.15. The molecule has 0 aliphatic rings. The summed E-state index contributed by atoms with van der Waals surface area (Å²) in [6.45, 7) is 0.557. The Kier molecular flexibility index (Phi) is 2.86. The van der Waals surface area contributed by atoms with Crippen molar-refractivity contribution in [3.63, 3.8) is 0 Å². The van der Waals surface area contributed by atoms with Crippen molar-refractivity contribution >= 4 is 21.6 Å². The van der Waals surface area contributed by atoms with Gasteiger partial charge in [-0.25, -0.2) is 4.79 Å². The highest BCUT2D eigenvalue weighted by Gasteiger charge is 1.99. The third kappa shape index (κ3) is 2.47. The zero-order valence-corrected chi connectivity index (χ0v) is 9.34. The van der Waals surface area contributed by atoms with Crippen molar-refractivity contribution in [2.24, 2.45) is 0 Å². The number of H-pyrrole nitrogens is 2. The number of anilines is 1. The van der Waals surface area contributed by atoms with Gasteiger partial charge in [0.15, 0.2) is 0 Å². The first kappa shape index (κ1) is 9.97. The second kappa shape index (κ2) is 4.31. The summed E-state index contributed by atoms with van der Waals surface area (Å²) in [6, 6.07) is 1.86. The van der Waals surface area contributed by atoms with Crippen LogP contribution in [0.5, 0.6) is 0 Å². The molecule has 0 aromatic carbocycles. The standard InChI is InChI=1S/C9H9BrN4O/c10-7-5-11-2-1-8(7)12-3-6-4-13-9(15)14-6/h1-2,4-5H,3H2,(H,11,12)(H2,13,14,15). The zero-order valence-electron chi connectivity index (χ0n) is 7.75. The molecule has 78 valence electrons. The maximum atomic E-state index is 10.8. The van der Waals surface area contributed by atoms with E-state index in [1.54, 1.807) is 18.6 Å². The lowest BCUT2D eigenvalue weighted by Gasteiger charge is -2.05. The molecule has 0 aliphatic carbocycles. The van der Waals surface area contributed by atoms with Gasteiger partial charge in [-0.05, 0) is 22.0 Å². The monoisotopic (exact) mass is 268 g/mol. The molecule has 15 heavy (non-hydrogen) atoms. The second-order valence-electron chi connectivity index (χ2n) is 2.98. The van der Waals surface area contributed by atoms with Crippen molar-refractivity contribution in [3.8, 4) is 0 Å². The van der Waals surface area contributed by atoms with Crippen LogP contribution in [0, 0.1) is 0 Å². The average molecular weight is 269 g/mol. The van der Waals surface area contributed by atoms with Gasteiger partial charge < -0.3 is 15.3 Å². The number of nitrogens with zero attached hydrogens (tertiary/aromatic N) is 1. The molecule has 5 nitrogen and oxygen atoms in total. The topological polar surface area (TPSA) is 73.6 Å². The van der Waals surface area contributed by atoms with Crippen molar-refractivity contribution in [1.29, 1.82) is 0 Å². The van der Waals surface area contributed by atoms with E-state index in [2.05, 4.69) is 36.2 Å². The van der Waals surface area contributed by atoms with Crippen molar-refractivity contribution in [2.75, 3.05) is 5.32 Å². The lowest BCUT2D eigenvalue weighted by atomic mass is 10.4. The van der Waals surface area contributed by atoms with Crippen LogP contribution in [0.1, 0.15) is 5.69 Å². The fourth-order valence-electron chi connectivity index (χ4n) is 1.17. The molecule has 0 radical (unpaired) electrons. The number of aromatic nitrogens is 3. The normalized spacial score (nSPS) is 10.2. The van der Waals surface area contributed by atoms with E-state index < -0.39 is 0 Å². The number of aromatic amines is 2. The summed E-state index contributed by atoms with van der Waals surface area (Å²) in [7, 11) is 0. The van der Waals surface area contributed by atoms with Gasteiger partial charge in [-0.1, -0.05) is 0 Å². The molecule has 6 heteroatoms. The van der Waals surface area contributed by atoms with Crippen LogP contribution in [0.15, 0.2) is 33.9 Å². The van der Waals surface area contributed by atoms with Crippen molar-refractivity contribution in [3.05, 3.63) is 45.3 Å². The van der Waals surface area contributed by atoms with Gasteiger partial charge in [0.2, 0.25) is 0 Å². The molecule has 2 rings (SSSR count). The molecule has 0 amide bonds. The molecule has 2 aromatic rings. The third-order valence-electron chi connectivity index (χ3n) is 1.89. The van der Waals surface area contributed by atoms with E-state index in [1.165, 1.54) is 0 Å². The van der Waals surface area contributed by atoms with Crippen LogP contribution in [-0.2, 0) is 6.54 Å². The number of rotatable bonds is 3. The zero-order chi connectivity index (χ0) is 10.7. The molecule has 0 saturated heterocycles. The van der Waals surface area contributed by atoms with Crippen LogP contribution >= 0.6 is 15.9 Å². The Morgan fingerprint density at radius 2 is 2.40 bits per heavy atom. The molecular weight excluding hydrogens is 260 g/mol. The fraction of sp³-hybridized carbons (Fsp3) is 0.111. The molecule has 0 spiro atoms. The van der Waals surface area contributed by atoms with E-state index in [0.717, 1.165) is 15.9 Å². The Morgan fingerprint density at radius 3 is 3.07 bits per heavy atom. The van der Waals surface area contributed by atoms with Gasteiger partial charge in [0.1, 0.15) is 0 Å². The van der Waals surface area contributed by atoms with Crippen LogP contribution in [0.2, 0.25) is 0 Å². The quantitative estimate of drug-likeness (QED) is 0.790. The Balaban J connectivity index is 2.05. The molecule has 0 aliphatic heterocycles. The molecule has 0 bridgehead atoms. The van der Waals surface area contributed by atoms with E-state index in [0.29, 0.717) is 6.54 Å². The van der Waals surface area contributed by atoms with E-state index in [1.807, 2.05) is 6.07 Å². The molecule has 0 unspecified atom stereocenters. The molecule has 0 saturated carbocycles. The average Bonchev–Trinajstić information content (AvgIpc) is 2.63. The van der Waals surface area contributed by atoms with E-state index >= 15 is 0 Å². The predicted octanol–water partition coefficient (Wildman–Crippen LogP) is 1.47. The highest BCUT2D eigenvalue weighted by atomic mass is 79.9. The lowest BCUT2D eigenvalue weighted by Crippen LogP contribution is -2.04. The van der Waals surface area contributed by atoms with Crippen LogP contribution in [0.4, 0.5) is 5.69 Å². The summed E-state index contributed by atoms with van der Waals surface area (Å²) in [5.41, 5.74) is 1.55. The summed E-state index contributed by atoms with van der Waals surface area (Å²) in [5, 5.41) is 3.17. The predicted molar refractivity (Wildman–Crippen MR) is 60.7 cm³/mol. The minimum absolute atomic E-state index is 0.194. The number of hydrogen-bond donors (Lipinski definition) is 3. The summed E-state index contributed by atoms with van der Waals surface area (Å²) >= 11 is 3.37. The van der Waals surface area contributed by atoms with Gasteiger partial charge in [0.25, 0.3) is 0 Å². The summed E-state index contributed by atoms with van der Waals surface area (Å²) < 4.78 is 0.892. The first-order valence-electron chi connectivity index (χ1n) is 4.35. The van der Waals surface area contributed by atoms with Crippen LogP contribution in [-0.4, -0.2) is 15.0 Å². The summed E-state index contributed by atoms with van der Waals surface area (Å²) in [5.74, 6) is 0. The summed E-state index contributed by atoms with van der Waals surface area (Å²) in [6.07, 6.45) is 5.06. The molecular formula is C9H9BrN4O. The van der Waals surface area contributed by atoms with E-state index in [4.69, 9.17) is 0 Å². The van der Waals surface area contributed by atoms with Gasteiger partial charge in [-0.2, -0.15) is 0 Å². The fourth-order valence-corrected chi connectivity index (χ4v) is 1.57. The number of hydrogen-bond acceptors (Lipinski definition) is 3. The van der Waals surface area contributed by atoms with Gasteiger partial charge >= 0.3 is 5.69 Å². The highest BCUT2D eigenvalue weighted by Crippen LogP contribution is 2.20. The van der Waals surface area contributed by atoms with Crippen LogP contribution in [0.25, 0.3) is 0 Å². The molecule has 2 aromatic heterocycles. The Labute approximate surface area is 94.1 Å². The van der Waals surface area contributed by atoms with Crippen molar-refractivity contribution in [2.45, 2.75) is 6.54 Å². The number of nitrogens with one attached hydrogen (secondary N) is 3. The second-order valence-corrected chi connectivity index (χ2v) is 3.83. The summed E-state index contributed by atoms with van der Waals surface area (Å²) in [4.78, 5) is 20.0. The van der Waals surface area contributed by atoms with Gasteiger partial charge in [0, 0.05) is 18.6 Å². The Hall–Kier alpha value is -1.56. The number of halogens is 1. The SMILES string of the molecule is O=c1[nH]cc(CNc2ccncc2Br)[nH]1. The van der Waals surface area contributed by atoms with Crippen LogP contribution < -0.4 is 11.0 Å². The van der Waals surface area contributed by atoms with Crippen molar-refractivity contribution in [1.82, 2.24) is 15.0 Å². The third-order valence-corrected chi connectivity index (χ3v) is 2.53. The number of imidazole rings is 1. The van der Waals surface area contributed by atoms with Gasteiger partial charge in [-0.15, -0.1) is 0 Å². The van der Waals surface area contributed by atoms with Gasteiger partial charge in [-0.3, -0.25) is 4.98 Å². The van der Waals surface area contributed by atoms with E-state index in [-0.39, 0.29) is 5.69 Å². The molecule has 0 atom stereocenters. The first-order chi connectivity index (χ1) is 7.25. The number of pyridine rings is 1. The Morgan fingerprint density at radius 1 is 1.53 bits per heavy atom. The smallest absolute Gasteiger partial charge is 0.323 e. The highest BCUT2D eigenvalue weighted by molar-refractivity contribution is 9.10. The molecule has 2 heterocycles. The minimum atomic E-state index is -0.194. The minimum Gasteiger partial charge on any atom is -0.378 e. The molecule has 3 N–H and O–H groups in total. The van der Waals surface area contributed by atoms with Crippen molar-refractivity contribution < 1.29 is 0 Å². The maximum Gasteiger partial charge on any atom is 0.323 e. The Bertz CT molecular complexity index is 505. The lowest BCUT2D eigenvalue weighted by molar-refractivity contribution is 1.05. The van der Waals surface area contributed by atoms with E-state index in [9.17, 15) is 4.79 Å². The van der Waals surface area contributed by atoms with Gasteiger partial charge in [0.05, 0.1) is 22.4 Å². The largest absolute Gasteiger partial charge is 0.378 e. The molecule has 0 fully saturated rings. The maximum absolute atomic E-state index is 10.8. The van der Waals surface area contributed by atoms with Crippen LogP contribution in [0.3, 0.4) is 0 Å².